The van der Waals surface area contributed by atoms with Crippen molar-refractivity contribution in [2.75, 3.05) is 7.11 Å². The van der Waals surface area contributed by atoms with E-state index in [-0.39, 0.29) is 0 Å². The molecular formula is C13H16O3. The second-order valence-corrected chi connectivity index (χ2v) is 3.49. The maximum atomic E-state index is 10.9. The molecule has 3 heteroatoms. The van der Waals surface area contributed by atoms with Crippen molar-refractivity contribution in [2.24, 2.45) is 0 Å². The number of allylic oxidation sites excluding steroid dienone is 1. The van der Waals surface area contributed by atoms with E-state index in [2.05, 4.69) is 0 Å². The lowest BCUT2D eigenvalue weighted by Crippen LogP contribution is -2.00. The fraction of sp³-hybridized carbons (Fsp3) is 0.308. The molecule has 0 amide bonds. The molecule has 0 saturated carbocycles. The summed E-state index contributed by atoms with van der Waals surface area (Å²) in [7, 11) is 1.61. The van der Waals surface area contributed by atoms with Crippen LogP contribution in [0.15, 0.2) is 29.8 Å². The van der Waals surface area contributed by atoms with E-state index in [1.807, 2.05) is 31.2 Å². The van der Waals surface area contributed by atoms with E-state index in [4.69, 9.17) is 9.84 Å². The number of aliphatic carboxylic acids is 1. The monoisotopic (exact) mass is 220 g/mol. The summed E-state index contributed by atoms with van der Waals surface area (Å²) in [6.07, 6.45) is 0.699. The van der Waals surface area contributed by atoms with Crippen LogP contribution >= 0.6 is 0 Å². The molecule has 0 atom stereocenters. The number of carboxylic acids is 1. The molecule has 0 saturated heterocycles. The highest BCUT2D eigenvalue weighted by Gasteiger charge is 2.09. The molecule has 0 bridgehead atoms. The molecule has 0 aliphatic carbocycles. The Kier molecular flexibility index (Phi) is 4.11. The first-order valence-corrected chi connectivity index (χ1v) is 5.17. The molecule has 1 aromatic rings. The Morgan fingerprint density at radius 1 is 1.31 bits per heavy atom. The minimum atomic E-state index is -0.868. The van der Waals surface area contributed by atoms with Gasteiger partial charge >= 0.3 is 5.97 Å². The van der Waals surface area contributed by atoms with Crippen LogP contribution in [0.1, 0.15) is 25.8 Å². The molecule has 0 spiro atoms. The van der Waals surface area contributed by atoms with Gasteiger partial charge in [0.2, 0.25) is 0 Å². The standard InChI is InChI=1S/C13H16O3/c1-4-12(9(2)13(14)15)10-5-7-11(16-3)8-6-10/h5-8H,4H2,1-3H3,(H,14,15). The lowest BCUT2D eigenvalue weighted by Gasteiger charge is -2.08. The maximum Gasteiger partial charge on any atom is 0.331 e. The largest absolute Gasteiger partial charge is 0.497 e. The van der Waals surface area contributed by atoms with Gasteiger partial charge in [0.05, 0.1) is 7.11 Å². The van der Waals surface area contributed by atoms with Crippen LogP contribution in [0.3, 0.4) is 0 Å². The summed E-state index contributed by atoms with van der Waals surface area (Å²) in [4.78, 5) is 10.9. The molecule has 0 radical (unpaired) electrons. The zero-order valence-electron chi connectivity index (χ0n) is 9.78. The van der Waals surface area contributed by atoms with Crippen LogP contribution < -0.4 is 4.74 Å². The highest BCUT2D eigenvalue weighted by atomic mass is 16.5. The van der Waals surface area contributed by atoms with Crippen molar-refractivity contribution in [1.82, 2.24) is 0 Å². The summed E-state index contributed by atoms with van der Waals surface area (Å²) in [5.74, 6) is -0.0974. The predicted molar refractivity (Wildman–Crippen MR) is 63.5 cm³/mol. The van der Waals surface area contributed by atoms with Crippen LogP contribution in [-0.2, 0) is 4.79 Å². The lowest BCUT2D eigenvalue weighted by atomic mass is 9.98. The molecule has 16 heavy (non-hydrogen) atoms. The van der Waals surface area contributed by atoms with Gasteiger partial charge in [-0.25, -0.2) is 4.79 Å². The number of carboxylic acid groups (broad SMARTS) is 1. The first-order chi connectivity index (χ1) is 7.60. The van der Waals surface area contributed by atoms with Crippen molar-refractivity contribution in [1.29, 1.82) is 0 Å². The Hall–Kier alpha value is -1.77. The van der Waals surface area contributed by atoms with Gasteiger partial charge in [-0.3, -0.25) is 0 Å². The third kappa shape index (κ3) is 2.63. The molecule has 1 rings (SSSR count). The second-order valence-electron chi connectivity index (χ2n) is 3.49. The number of rotatable bonds is 4. The SMILES string of the molecule is CCC(=C(C)C(=O)O)c1ccc(OC)cc1. The van der Waals surface area contributed by atoms with E-state index in [1.54, 1.807) is 14.0 Å². The lowest BCUT2D eigenvalue weighted by molar-refractivity contribution is -0.132. The smallest absolute Gasteiger partial charge is 0.331 e. The summed E-state index contributed by atoms with van der Waals surface area (Å²) >= 11 is 0. The van der Waals surface area contributed by atoms with Crippen LogP contribution in [0.25, 0.3) is 5.57 Å². The van der Waals surface area contributed by atoms with E-state index < -0.39 is 5.97 Å². The number of carbonyl (C=O) groups is 1. The van der Waals surface area contributed by atoms with Crippen molar-refractivity contribution >= 4 is 11.5 Å². The van der Waals surface area contributed by atoms with Crippen molar-refractivity contribution in [2.45, 2.75) is 20.3 Å². The van der Waals surface area contributed by atoms with Gasteiger partial charge in [-0.15, -0.1) is 0 Å². The highest BCUT2D eigenvalue weighted by molar-refractivity contribution is 5.95. The Labute approximate surface area is 95.4 Å². The molecule has 3 nitrogen and oxygen atoms in total. The molecule has 0 aliphatic rings. The summed E-state index contributed by atoms with van der Waals surface area (Å²) in [6.45, 7) is 3.58. The third-order valence-electron chi connectivity index (χ3n) is 2.57. The molecule has 0 heterocycles. The molecule has 0 unspecified atom stereocenters. The average molecular weight is 220 g/mol. The Bertz CT molecular complexity index is 402. The molecule has 1 aromatic carbocycles. The molecule has 0 aliphatic heterocycles. The first-order valence-electron chi connectivity index (χ1n) is 5.17. The van der Waals surface area contributed by atoms with E-state index in [0.29, 0.717) is 12.0 Å². The summed E-state index contributed by atoms with van der Waals surface area (Å²) < 4.78 is 5.06. The van der Waals surface area contributed by atoms with Crippen molar-refractivity contribution in [3.05, 3.63) is 35.4 Å². The Balaban J connectivity index is 3.14. The number of methoxy groups -OCH3 is 1. The minimum Gasteiger partial charge on any atom is -0.497 e. The van der Waals surface area contributed by atoms with Crippen LogP contribution in [0.5, 0.6) is 5.75 Å². The number of ether oxygens (including phenoxy) is 1. The molecule has 0 fully saturated rings. The fourth-order valence-electron chi connectivity index (χ4n) is 1.61. The molecular weight excluding hydrogens is 204 g/mol. The topological polar surface area (TPSA) is 46.5 Å². The van der Waals surface area contributed by atoms with Gasteiger partial charge in [0.1, 0.15) is 5.75 Å². The quantitative estimate of drug-likeness (QED) is 0.793. The van der Waals surface area contributed by atoms with Gasteiger partial charge in [-0.2, -0.15) is 0 Å². The van der Waals surface area contributed by atoms with E-state index >= 15 is 0 Å². The summed E-state index contributed by atoms with van der Waals surface area (Å²) in [5, 5.41) is 8.96. The number of hydrogen-bond donors (Lipinski definition) is 1. The third-order valence-corrected chi connectivity index (χ3v) is 2.57. The van der Waals surface area contributed by atoms with Crippen LogP contribution in [-0.4, -0.2) is 18.2 Å². The Morgan fingerprint density at radius 3 is 2.25 bits per heavy atom. The van der Waals surface area contributed by atoms with E-state index in [9.17, 15) is 4.79 Å². The molecule has 86 valence electrons. The van der Waals surface area contributed by atoms with Gasteiger partial charge in [0, 0.05) is 5.57 Å². The minimum absolute atomic E-state index is 0.396. The van der Waals surface area contributed by atoms with Crippen LogP contribution in [0.4, 0.5) is 0 Å². The zero-order valence-corrected chi connectivity index (χ0v) is 9.78. The molecule has 0 aromatic heterocycles. The van der Waals surface area contributed by atoms with Crippen molar-refractivity contribution in [3.8, 4) is 5.75 Å². The maximum absolute atomic E-state index is 10.9. The second kappa shape index (κ2) is 5.35. The fourth-order valence-corrected chi connectivity index (χ4v) is 1.61. The van der Waals surface area contributed by atoms with E-state index in [1.165, 1.54) is 0 Å². The normalized spacial score (nSPS) is 11.9. The van der Waals surface area contributed by atoms with Gasteiger partial charge in [0.15, 0.2) is 0 Å². The zero-order chi connectivity index (χ0) is 12.1. The van der Waals surface area contributed by atoms with Gasteiger partial charge in [0.25, 0.3) is 0 Å². The highest BCUT2D eigenvalue weighted by Crippen LogP contribution is 2.24. The first kappa shape index (κ1) is 12.3. The summed E-state index contributed by atoms with van der Waals surface area (Å²) in [6, 6.07) is 7.43. The predicted octanol–water partition coefficient (Wildman–Crippen LogP) is 2.96. The van der Waals surface area contributed by atoms with Gasteiger partial charge in [-0.05, 0) is 36.6 Å². The average Bonchev–Trinajstić information content (AvgIpc) is 2.30. The van der Waals surface area contributed by atoms with Crippen LogP contribution in [0, 0.1) is 0 Å². The number of hydrogen-bond acceptors (Lipinski definition) is 2. The number of benzene rings is 1. The van der Waals surface area contributed by atoms with Crippen LogP contribution in [0.2, 0.25) is 0 Å². The van der Waals surface area contributed by atoms with E-state index in [0.717, 1.165) is 16.9 Å². The van der Waals surface area contributed by atoms with Crippen molar-refractivity contribution < 1.29 is 14.6 Å². The Morgan fingerprint density at radius 2 is 1.88 bits per heavy atom. The molecule has 1 N–H and O–H groups in total. The summed E-state index contributed by atoms with van der Waals surface area (Å²) in [5.41, 5.74) is 2.19. The van der Waals surface area contributed by atoms with Gasteiger partial charge in [-0.1, -0.05) is 19.1 Å². The van der Waals surface area contributed by atoms with Gasteiger partial charge < -0.3 is 9.84 Å². The van der Waals surface area contributed by atoms with Crippen molar-refractivity contribution in [3.63, 3.8) is 0 Å².